The Hall–Kier alpha value is -5.07. The van der Waals surface area contributed by atoms with Crippen LogP contribution in [0.5, 0.6) is 0 Å². The van der Waals surface area contributed by atoms with Crippen molar-refractivity contribution < 1.29 is 55.2 Å². The number of hydrazine groups is 1. The van der Waals surface area contributed by atoms with Crippen molar-refractivity contribution in [1.82, 2.24) is 19.5 Å². The second-order valence-electron chi connectivity index (χ2n) is 9.12. The van der Waals surface area contributed by atoms with Crippen molar-refractivity contribution in [3.8, 4) is 16.9 Å². The first-order valence-corrected chi connectivity index (χ1v) is 14.5. The Labute approximate surface area is 255 Å². The second kappa shape index (κ2) is 14.6. The third kappa shape index (κ3) is 9.71. The molecule has 3 aromatic rings. The number of alkyl halides is 3. The fourth-order valence-corrected chi connectivity index (χ4v) is 4.34. The van der Waals surface area contributed by atoms with E-state index in [1.807, 2.05) is 6.92 Å². The number of hydrogen-bond acceptors (Lipinski definition) is 11. The molecular weight excluding hydrogens is 629 g/mol. The van der Waals surface area contributed by atoms with Crippen molar-refractivity contribution in [2.24, 2.45) is 5.28 Å². The van der Waals surface area contributed by atoms with Crippen molar-refractivity contribution in [2.75, 3.05) is 26.8 Å². The summed E-state index contributed by atoms with van der Waals surface area (Å²) >= 11 is 0. The molecule has 2 aromatic carbocycles. The topological polar surface area (TPSA) is 177 Å². The molecule has 244 valence electrons. The number of aromatic nitrogens is 2. The molecule has 15 nitrogen and oxygen atoms in total. The average molecular weight is 659 g/mol. The van der Waals surface area contributed by atoms with Gasteiger partial charge in [-0.2, -0.15) is 18.3 Å². The summed E-state index contributed by atoms with van der Waals surface area (Å²) < 4.78 is 82.5. The van der Waals surface area contributed by atoms with Crippen LogP contribution < -0.4 is 4.72 Å². The molecule has 1 heterocycles. The predicted octanol–water partition coefficient (Wildman–Crippen LogP) is 4.54. The van der Waals surface area contributed by atoms with E-state index in [9.17, 15) is 36.4 Å². The van der Waals surface area contributed by atoms with Crippen LogP contribution in [0.3, 0.4) is 0 Å². The van der Waals surface area contributed by atoms with Gasteiger partial charge in [-0.25, -0.2) is 27.4 Å². The van der Waals surface area contributed by atoms with E-state index < -0.39 is 47.0 Å². The Kier molecular flexibility index (Phi) is 11.2. The summed E-state index contributed by atoms with van der Waals surface area (Å²) in [7, 11) is -3.21. The SMILES string of the molecule is CCOC(=O)OC(C)ON=[N+]([O-])N(C)CCOC(=O)NS(=O)(=O)c1ccc(-n2nc(C(F)(F)F)cc2-c2ccc(C)cc2)cc1. The maximum atomic E-state index is 13.5. The Morgan fingerprint density at radius 2 is 1.78 bits per heavy atom. The summed E-state index contributed by atoms with van der Waals surface area (Å²) in [4.78, 5) is 27.6. The lowest BCUT2D eigenvalue weighted by molar-refractivity contribution is -0.707. The third-order valence-electron chi connectivity index (χ3n) is 5.69. The van der Waals surface area contributed by atoms with Gasteiger partial charge in [0.15, 0.2) is 5.69 Å². The summed E-state index contributed by atoms with van der Waals surface area (Å²) in [5, 5.41) is 19.6. The van der Waals surface area contributed by atoms with Crippen LogP contribution in [0.15, 0.2) is 64.8 Å². The zero-order chi connectivity index (χ0) is 33.4. The number of nitrogens with zero attached hydrogens (tertiary/aromatic N) is 5. The molecule has 1 N–H and O–H groups in total. The van der Waals surface area contributed by atoms with E-state index in [-0.39, 0.29) is 34.4 Å². The molecule has 45 heavy (non-hydrogen) atoms. The normalized spacial score (nSPS) is 12.6. The molecule has 19 heteroatoms. The van der Waals surface area contributed by atoms with Crippen LogP contribution >= 0.6 is 0 Å². The molecule has 0 radical (unpaired) electrons. The van der Waals surface area contributed by atoms with Crippen molar-refractivity contribution >= 4 is 22.3 Å². The Morgan fingerprint density at radius 3 is 2.38 bits per heavy atom. The molecule has 1 aromatic heterocycles. The molecule has 0 fully saturated rings. The van der Waals surface area contributed by atoms with Gasteiger partial charge in [-0.05, 0) is 44.2 Å². The monoisotopic (exact) mass is 658 g/mol. The average Bonchev–Trinajstić information content (AvgIpc) is 3.42. The van der Waals surface area contributed by atoms with E-state index in [2.05, 4.69) is 24.7 Å². The molecule has 0 aliphatic rings. The maximum absolute atomic E-state index is 13.5. The van der Waals surface area contributed by atoms with Crippen molar-refractivity contribution in [1.29, 1.82) is 0 Å². The van der Waals surface area contributed by atoms with Gasteiger partial charge in [-0.15, -0.1) is 5.01 Å². The number of rotatable bonds is 12. The summed E-state index contributed by atoms with van der Waals surface area (Å²) in [5.41, 5.74) is 0.470. The van der Waals surface area contributed by atoms with Crippen LogP contribution in [-0.2, 0) is 35.2 Å². The van der Waals surface area contributed by atoms with Gasteiger partial charge in [0.2, 0.25) is 5.28 Å². The Balaban J connectivity index is 1.61. The first kappa shape index (κ1) is 34.4. The minimum atomic E-state index is -4.72. The Morgan fingerprint density at radius 1 is 1.13 bits per heavy atom. The molecule has 1 atom stereocenters. The number of benzene rings is 2. The van der Waals surface area contributed by atoms with Gasteiger partial charge in [0.1, 0.15) is 13.2 Å². The van der Waals surface area contributed by atoms with Crippen LogP contribution in [-0.4, -0.2) is 73.5 Å². The quantitative estimate of drug-likeness (QED) is 0.0950. The number of amides is 1. The molecule has 0 aliphatic heterocycles. The van der Waals surface area contributed by atoms with Crippen LogP contribution in [0.1, 0.15) is 25.1 Å². The molecule has 1 amide bonds. The van der Waals surface area contributed by atoms with Crippen molar-refractivity contribution in [3.63, 3.8) is 0 Å². The van der Waals surface area contributed by atoms with Crippen molar-refractivity contribution in [3.05, 3.63) is 71.1 Å². The number of ether oxygens (including phenoxy) is 3. The number of aryl methyl sites for hydroxylation is 1. The van der Waals surface area contributed by atoms with Crippen LogP contribution in [0.2, 0.25) is 0 Å². The number of halogens is 3. The summed E-state index contributed by atoms with van der Waals surface area (Å²) in [6.07, 6.45) is -8.36. The van der Waals surface area contributed by atoms with Gasteiger partial charge >= 0.3 is 18.4 Å². The van der Waals surface area contributed by atoms with Gasteiger partial charge in [-0.1, -0.05) is 29.8 Å². The number of carbonyl (C=O) groups excluding carboxylic acids is 2. The van der Waals surface area contributed by atoms with E-state index >= 15 is 0 Å². The zero-order valence-corrected chi connectivity index (χ0v) is 25.2. The number of sulfonamides is 1. The predicted molar refractivity (Wildman–Crippen MR) is 148 cm³/mol. The van der Waals surface area contributed by atoms with Gasteiger partial charge in [0.05, 0.1) is 34.9 Å². The number of hydrogen-bond donors (Lipinski definition) is 1. The highest BCUT2D eigenvalue weighted by Gasteiger charge is 2.35. The van der Waals surface area contributed by atoms with E-state index in [0.29, 0.717) is 5.56 Å². The molecule has 0 saturated carbocycles. The van der Waals surface area contributed by atoms with Crippen LogP contribution in [0, 0.1) is 12.1 Å². The van der Waals surface area contributed by atoms with E-state index in [4.69, 9.17) is 4.74 Å². The van der Waals surface area contributed by atoms with E-state index in [1.54, 1.807) is 35.9 Å². The molecule has 0 saturated heterocycles. The summed E-state index contributed by atoms with van der Waals surface area (Å²) in [5.74, 6) is 0. The molecule has 3 rings (SSSR count). The van der Waals surface area contributed by atoms with E-state index in [1.165, 1.54) is 26.1 Å². The van der Waals surface area contributed by atoms with Gasteiger partial charge in [0.25, 0.3) is 16.3 Å². The Bertz CT molecular complexity index is 1610. The van der Waals surface area contributed by atoms with Gasteiger partial charge in [-0.3, -0.25) is 4.84 Å². The van der Waals surface area contributed by atoms with Crippen molar-refractivity contribution in [2.45, 2.75) is 38.1 Å². The fraction of sp³-hybridized carbons (Fsp3) is 0.346. The standard InChI is InChI=1S/C26H29F3N6O9S/c1-5-41-25(37)43-18(3)44-32-35(38)33(4)14-15-42-24(36)31-45(39,40)21-12-10-20(11-13-21)34-22(16-23(30-34)26(27,28)29)19-8-6-17(2)7-9-19/h6-13,16,18H,5,14-15H2,1-4H3,(H,31,36). The number of carbonyl (C=O) groups is 2. The van der Waals surface area contributed by atoms with E-state index in [0.717, 1.165) is 33.5 Å². The van der Waals surface area contributed by atoms with Gasteiger partial charge < -0.3 is 19.4 Å². The second-order valence-corrected chi connectivity index (χ2v) is 10.8. The third-order valence-corrected chi connectivity index (χ3v) is 7.01. The zero-order valence-electron chi connectivity index (χ0n) is 24.3. The lowest BCUT2D eigenvalue weighted by Gasteiger charge is -2.14. The summed E-state index contributed by atoms with van der Waals surface area (Å²) in [6, 6.07) is 12.2. The number of nitrogens with one attached hydrogen (secondary N) is 1. The largest absolute Gasteiger partial charge is 0.569 e. The maximum Gasteiger partial charge on any atom is 0.511 e. The highest BCUT2D eigenvalue weighted by atomic mass is 32.2. The minimum Gasteiger partial charge on any atom is -0.569 e. The lowest BCUT2D eigenvalue weighted by atomic mass is 10.1. The fourth-order valence-electron chi connectivity index (χ4n) is 3.44. The van der Waals surface area contributed by atoms with Crippen LogP contribution in [0.25, 0.3) is 16.9 Å². The minimum absolute atomic E-state index is 0.0356. The highest BCUT2D eigenvalue weighted by molar-refractivity contribution is 7.90. The highest BCUT2D eigenvalue weighted by Crippen LogP contribution is 2.33. The molecule has 0 aliphatic carbocycles. The molecule has 1 unspecified atom stereocenters. The smallest absolute Gasteiger partial charge is 0.511 e. The first-order chi connectivity index (χ1) is 21.1. The summed E-state index contributed by atoms with van der Waals surface area (Å²) in [6.45, 7) is 4.02. The molecule has 0 bridgehead atoms. The van der Waals surface area contributed by atoms with Crippen LogP contribution in [0.4, 0.5) is 22.8 Å². The molecular formula is C26H29F3N6O9S. The van der Waals surface area contributed by atoms with Gasteiger partial charge in [0, 0.05) is 12.5 Å². The molecule has 0 spiro atoms. The number of likely N-dealkylation sites (N-methyl/N-ethyl adjacent to an activating group) is 1. The first-order valence-electron chi connectivity index (χ1n) is 13.0. The lowest BCUT2D eigenvalue weighted by Crippen LogP contribution is -2.35.